The van der Waals surface area contributed by atoms with E-state index in [2.05, 4.69) is 20.2 Å². The molecule has 3 aromatic rings. The zero-order valence-electron chi connectivity index (χ0n) is 12.1. The SMILES string of the molecule is O=S(=O)(NCc1nnnn1-c1ccc(F)cc1)c1ccc(Cl)cc1. The lowest BCUT2D eigenvalue weighted by atomic mass is 10.3. The van der Waals surface area contributed by atoms with Crippen LogP contribution in [-0.2, 0) is 16.6 Å². The Labute approximate surface area is 142 Å². The van der Waals surface area contributed by atoms with Crippen molar-refractivity contribution < 1.29 is 12.8 Å². The van der Waals surface area contributed by atoms with Crippen molar-refractivity contribution in [2.24, 2.45) is 0 Å². The summed E-state index contributed by atoms with van der Waals surface area (Å²) in [5.74, 6) is -0.129. The first kappa shape index (κ1) is 16.5. The van der Waals surface area contributed by atoms with E-state index in [0.717, 1.165) is 0 Å². The third kappa shape index (κ3) is 3.58. The van der Waals surface area contributed by atoms with Gasteiger partial charge in [0.05, 0.1) is 17.1 Å². The maximum absolute atomic E-state index is 13.0. The van der Waals surface area contributed by atoms with E-state index in [-0.39, 0.29) is 17.3 Å². The number of halogens is 2. The molecule has 2 aromatic carbocycles. The van der Waals surface area contributed by atoms with Crippen LogP contribution in [0.3, 0.4) is 0 Å². The Balaban J connectivity index is 1.79. The van der Waals surface area contributed by atoms with Crippen LogP contribution in [-0.4, -0.2) is 28.6 Å². The Morgan fingerprint density at radius 3 is 2.42 bits per heavy atom. The van der Waals surface area contributed by atoms with E-state index in [1.807, 2.05) is 0 Å². The minimum atomic E-state index is -3.74. The zero-order valence-corrected chi connectivity index (χ0v) is 13.7. The molecule has 1 heterocycles. The van der Waals surface area contributed by atoms with Crippen molar-refractivity contribution in [3.8, 4) is 5.69 Å². The lowest BCUT2D eigenvalue weighted by Gasteiger charge is -2.07. The number of hydrogen-bond donors (Lipinski definition) is 1. The Morgan fingerprint density at radius 2 is 1.75 bits per heavy atom. The molecule has 0 spiro atoms. The molecule has 124 valence electrons. The normalized spacial score (nSPS) is 11.6. The molecule has 1 N–H and O–H groups in total. The minimum absolute atomic E-state index is 0.0766. The van der Waals surface area contributed by atoms with Gasteiger partial charge >= 0.3 is 0 Å². The van der Waals surface area contributed by atoms with Gasteiger partial charge in [0, 0.05) is 5.02 Å². The van der Waals surface area contributed by atoms with E-state index in [0.29, 0.717) is 10.7 Å². The molecule has 0 saturated carbocycles. The Hall–Kier alpha value is -2.36. The smallest absolute Gasteiger partial charge is 0.207 e. The molecular formula is C14H11ClFN5O2S. The van der Waals surface area contributed by atoms with Crippen molar-refractivity contribution in [3.63, 3.8) is 0 Å². The Morgan fingerprint density at radius 1 is 1.08 bits per heavy atom. The van der Waals surface area contributed by atoms with Crippen LogP contribution in [0.5, 0.6) is 0 Å². The first-order valence-corrected chi connectivity index (χ1v) is 8.60. The van der Waals surface area contributed by atoms with Gasteiger partial charge in [0.1, 0.15) is 5.82 Å². The van der Waals surface area contributed by atoms with Gasteiger partial charge in [-0.3, -0.25) is 0 Å². The number of hydrogen-bond acceptors (Lipinski definition) is 5. The highest BCUT2D eigenvalue weighted by Crippen LogP contribution is 2.14. The molecule has 0 aliphatic carbocycles. The maximum Gasteiger partial charge on any atom is 0.240 e. The third-order valence-electron chi connectivity index (χ3n) is 3.15. The summed E-state index contributed by atoms with van der Waals surface area (Å²) < 4.78 is 41.2. The summed E-state index contributed by atoms with van der Waals surface area (Å²) in [6.45, 7) is -0.130. The predicted octanol–water partition coefficient (Wildman–Crippen LogP) is 1.93. The van der Waals surface area contributed by atoms with Gasteiger partial charge in [-0.2, -0.15) is 4.68 Å². The van der Waals surface area contributed by atoms with E-state index in [1.165, 1.54) is 53.2 Å². The van der Waals surface area contributed by atoms with E-state index >= 15 is 0 Å². The van der Waals surface area contributed by atoms with Crippen molar-refractivity contribution >= 4 is 21.6 Å². The largest absolute Gasteiger partial charge is 0.240 e. The van der Waals surface area contributed by atoms with Gasteiger partial charge in [-0.15, -0.1) is 5.10 Å². The fourth-order valence-corrected chi connectivity index (χ4v) is 3.06. The highest BCUT2D eigenvalue weighted by Gasteiger charge is 2.16. The summed E-state index contributed by atoms with van der Waals surface area (Å²) in [7, 11) is -3.74. The van der Waals surface area contributed by atoms with E-state index in [9.17, 15) is 12.8 Å². The fraction of sp³-hybridized carbons (Fsp3) is 0.0714. The molecule has 24 heavy (non-hydrogen) atoms. The first-order valence-electron chi connectivity index (χ1n) is 6.74. The molecule has 0 aliphatic heterocycles. The number of rotatable bonds is 5. The van der Waals surface area contributed by atoms with Crippen LogP contribution in [0.4, 0.5) is 4.39 Å². The standard InChI is InChI=1S/C14H11ClFN5O2S/c15-10-1-7-13(8-2-10)24(22,23)17-9-14-18-19-20-21(14)12-5-3-11(16)4-6-12/h1-8,17H,9H2. The molecule has 0 atom stereocenters. The van der Waals surface area contributed by atoms with Crippen molar-refractivity contribution in [2.45, 2.75) is 11.4 Å². The summed E-state index contributed by atoms with van der Waals surface area (Å²) in [5, 5.41) is 11.5. The first-order chi connectivity index (χ1) is 11.5. The summed E-state index contributed by atoms with van der Waals surface area (Å²) in [5.41, 5.74) is 0.516. The van der Waals surface area contributed by atoms with Gasteiger partial charge in [0.15, 0.2) is 5.82 Å². The second-order valence-corrected chi connectivity index (χ2v) is 6.97. The monoisotopic (exact) mass is 367 g/mol. The summed E-state index contributed by atoms with van der Waals surface area (Å²) in [6, 6.07) is 11.3. The summed E-state index contributed by atoms with van der Waals surface area (Å²) in [6.07, 6.45) is 0. The average molecular weight is 368 g/mol. The fourth-order valence-electron chi connectivity index (χ4n) is 1.96. The van der Waals surface area contributed by atoms with E-state index < -0.39 is 15.8 Å². The number of tetrazole rings is 1. The number of nitrogens with zero attached hydrogens (tertiary/aromatic N) is 4. The Kier molecular flexibility index (Phi) is 4.56. The van der Waals surface area contributed by atoms with E-state index in [1.54, 1.807) is 0 Å². The number of sulfonamides is 1. The van der Waals surface area contributed by atoms with Gasteiger partial charge in [-0.1, -0.05) is 11.6 Å². The van der Waals surface area contributed by atoms with Crippen LogP contribution in [0.15, 0.2) is 53.4 Å². The number of nitrogens with one attached hydrogen (secondary N) is 1. The molecule has 0 amide bonds. The van der Waals surface area contributed by atoms with Crippen molar-refractivity contribution in [3.05, 3.63) is 65.2 Å². The topological polar surface area (TPSA) is 89.8 Å². The molecule has 0 bridgehead atoms. The molecule has 0 unspecified atom stereocenters. The van der Waals surface area contributed by atoms with Crippen LogP contribution in [0.1, 0.15) is 5.82 Å². The van der Waals surface area contributed by atoms with E-state index in [4.69, 9.17) is 11.6 Å². The lowest BCUT2D eigenvalue weighted by Crippen LogP contribution is -2.25. The highest BCUT2D eigenvalue weighted by molar-refractivity contribution is 7.89. The number of benzene rings is 2. The highest BCUT2D eigenvalue weighted by atomic mass is 35.5. The molecule has 10 heteroatoms. The van der Waals surface area contributed by atoms with Gasteiger partial charge in [0.2, 0.25) is 10.0 Å². The van der Waals surface area contributed by atoms with Crippen LogP contribution >= 0.6 is 11.6 Å². The quantitative estimate of drug-likeness (QED) is 0.744. The Bertz CT molecular complexity index is 942. The molecular weight excluding hydrogens is 357 g/mol. The van der Waals surface area contributed by atoms with Crippen LogP contribution in [0, 0.1) is 5.82 Å². The molecule has 1 aromatic heterocycles. The molecule has 3 rings (SSSR count). The molecule has 0 fully saturated rings. The maximum atomic E-state index is 13.0. The molecule has 7 nitrogen and oxygen atoms in total. The summed E-state index contributed by atoms with van der Waals surface area (Å²) in [4.78, 5) is 0.0766. The minimum Gasteiger partial charge on any atom is -0.207 e. The van der Waals surface area contributed by atoms with Gasteiger partial charge in [-0.05, 0) is 59.0 Å². The second-order valence-electron chi connectivity index (χ2n) is 4.76. The average Bonchev–Trinajstić information content (AvgIpc) is 3.03. The zero-order chi connectivity index (χ0) is 17.2. The molecule has 0 saturated heterocycles. The molecule has 0 aliphatic rings. The number of aromatic nitrogens is 4. The van der Waals surface area contributed by atoms with Crippen molar-refractivity contribution in [1.82, 2.24) is 24.9 Å². The molecule has 0 radical (unpaired) electrons. The van der Waals surface area contributed by atoms with Crippen LogP contribution in [0.25, 0.3) is 5.69 Å². The second kappa shape index (κ2) is 6.63. The third-order valence-corrected chi connectivity index (χ3v) is 4.82. The predicted molar refractivity (Wildman–Crippen MR) is 84.6 cm³/mol. The van der Waals surface area contributed by atoms with Gasteiger partial charge in [-0.25, -0.2) is 17.5 Å². The van der Waals surface area contributed by atoms with Crippen LogP contribution < -0.4 is 4.72 Å². The van der Waals surface area contributed by atoms with Gasteiger partial charge in [0.25, 0.3) is 0 Å². The van der Waals surface area contributed by atoms with Crippen molar-refractivity contribution in [1.29, 1.82) is 0 Å². The van der Waals surface area contributed by atoms with Crippen LogP contribution in [0.2, 0.25) is 5.02 Å². The summed E-state index contributed by atoms with van der Waals surface area (Å²) >= 11 is 5.75. The van der Waals surface area contributed by atoms with Crippen molar-refractivity contribution in [2.75, 3.05) is 0 Å². The lowest BCUT2D eigenvalue weighted by molar-refractivity contribution is 0.578. The van der Waals surface area contributed by atoms with Gasteiger partial charge < -0.3 is 0 Å².